The monoisotopic (exact) mass is 247 g/mol. The lowest BCUT2D eigenvalue weighted by Gasteiger charge is -2.13. The lowest BCUT2D eigenvalue weighted by atomic mass is 10.0. The van der Waals surface area contributed by atoms with E-state index < -0.39 is 0 Å². The molecule has 0 saturated heterocycles. The standard InChI is InChI=1S/C14H21N3O/c1-10(11-6-7-11)8-16-9-12-4-2-3-5-13(12)14(15)17-18/h2-5,10-11,16,18H,6-9H2,1H3,(H2,15,17). The van der Waals surface area contributed by atoms with Crippen LogP contribution in [0, 0.1) is 11.8 Å². The van der Waals surface area contributed by atoms with Gasteiger partial charge in [-0.3, -0.25) is 0 Å². The number of rotatable bonds is 6. The van der Waals surface area contributed by atoms with Crippen molar-refractivity contribution in [3.05, 3.63) is 35.4 Å². The van der Waals surface area contributed by atoms with Crippen LogP contribution in [0.15, 0.2) is 29.4 Å². The van der Waals surface area contributed by atoms with E-state index in [1.165, 1.54) is 12.8 Å². The van der Waals surface area contributed by atoms with Crippen LogP contribution in [0.25, 0.3) is 0 Å². The van der Waals surface area contributed by atoms with Gasteiger partial charge in [-0.1, -0.05) is 36.3 Å². The maximum absolute atomic E-state index is 8.75. The smallest absolute Gasteiger partial charge is 0.170 e. The molecule has 0 aliphatic heterocycles. The second kappa shape index (κ2) is 5.87. The average Bonchev–Trinajstić information content (AvgIpc) is 3.22. The van der Waals surface area contributed by atoms with E-state index in [1.54, 1.807) is 0 Å². The number of nitrogens with zero attached hydrogens (tertiary/aromatic N) is 1. The lowest BCUT2D eigenvalue weighted by Crippen LogP contribution is -2.24. The van der Waals surface area contributed by atoms with Crippen molar-refractivity contribution in [2.75, 3.05) is 6.54 Å². The van der Waals surface area contributed by atoms with Crippen molar-refractivity contribution in [3.63, 3.8) is 0 Å². The van der Waals surface area contributed by atoms with Crippen molar-refractivity contribution in [2.45, 2.75) is 26.3 Å². The summed E-state index contributed by atoms with van der Waals surface area (Å²) in [4.78, 5) is 0. The molecule has 2 rings (SSSR count). The van der Waals surface area contributed by atoms with E-state index in [1.807, 2.05) is 24.3 Å². The molecule has 1 atom stereocenters. The first-order valence-electron chi connectivity index (χ1n) is 6.49. The van der Waals surface area contributed by atoms with Gasteiger partial charge in [0.15, 0.2) is 5.84 Å². The largest absolute Gasteiger partial charge is 0.409 e. The fourth-order valence-corrected chi connectivity index (χ4v) is 2.24. The highest BCUT2D eigenvalue weighted by Gasteiger charge is 2.27. The Morgan fingerprint density at radius 2 is 2.22 bits per heavy atom. The molecule has 1 unspecified atom stereocenters. The van der Waals surface area contributed by atoms with E-state index in [9.17, 15) is 0 Å². The van der Waals surface area contributed by atoms with Crippen molar-refractivity contribution >= 4 is 5.84 Å². The number of oxime groups is 1. The summed E-state index contributed by atoms with van der Waals surface area (Å²) < 4.78 is 0. The molecule has 0 spiro atoms. The normalized spacial score (nSPS) is 17.7. The van der Waals surface area contributed by atoms with Crippen LogP contribution < -0.4 is 11.1 Å². The Bertz CT molecular complexity index is 427. The molecule has 0 aromatic heterocycles. The molecule has 0 bridgehead atoms. The highest BCUT2D eigenvalue weighted by atomic mass is 16.4. The molecule has 4 N–H and O–H groups in total. The van der Waals surface area contributed by atoms with Crippen LogP contribution in [0.4, 0.5) is 0 Å². The number of hydrogen-bond acceptors (Lipinski definition) is 3. The van der Waals surface area contributed by atoms with Crippen molar-refractivity contribution < 1.29 is 5.21 Å². The topological polar surface area (TPSA) is 70.6 Å². The number of nitrogens with one attached hydrogen (secondary N) is 1. The van der Waals surface area contributed by atoms with Gasteiger partial charge in [0, 0.05) is 12.1 Å². The number of nitrogens with two attached hydrogens (primary N) is 1. The van der Waals surface area contributed by atoms with Gasteiger partial charge in [-0.05, 0) is 36.8 Å². The summed E-state index contributed by atoms with van der Waals surface area (Å²) in [6, 6.07) is 7.73. The van der Waals surface area contributed by atoms with Crippen LogP contribution in [-0.2, 0) is 6.54 Å². The van der Waals surface area contributed by atoms with Gasteiger partial charge < -0.3 is 16.3 Å². The summed E-state index contributed by atoms with van der Waals surface area (Å²) in [5, 5.41) is 15.3. The minimum absolute atomic E-state index is 0.169. The second-order valence-electron chi connectivity index (χ2n) is 5.09. The van der Waals surface area contributed by atoms with Crippen molar-refractivity contribution in [1.82, 2.24) is 5.32 Å². The molecular formula is C14H21N3O. The van der Waals surface area contributed by atoms with E-state index >= 15 is 0 Å². The van der Waals surface area contributed by atoms with E-state index in [4.69, 9.17) is 10.9 Å². The summed E-state index contributed by atoms with van der Waals surface area (Å²) >= 11 is 0. The fourth-order valence-electron chi connectivity index (χ4n) is 2.24. The molecule has 4 nitrogen and oxygen atoms in total. The minimum atomic E-state index is 0.169. The van der Waals surface area contributed by atoms with Crippen LogP contribution in [0.2, 0.25) is 0 Å². The molecule has 1 aliphatic rings. The van der Waals surface area contributed by atoms with Crippen molar-refractivity contribution in [2.24, 2.45) is 22.7 Å². The van der Waals surface area contributed by atoms with E-state index in [-0.39, 0.29) is 5.84 Å². The van der Waals surface area contributed by atoms with Crippen LogP contribution in [0.5, 0.6) is 0 Å². The van der Waals surface area contributed by atoms with Gasteiger partial charge in [-0.15, -0.1) is 0 Å². The summed E-state index contributed by atoms with van der Waals surface area (Å²) in [5.74, 6) is 1.82. The fraction of sp³-hybridized carbons (Fsp3) is 0.500. The molecule has 0 amide bonds. The highest BCUT2D eigenvalue weighted by Crippen LogP contribution is 2.36. The van der Waals surface area contributed by atoms with Crippen LogP contribution in [0.1, 0.15) is 30.9 Å². The maximum atomic E-state index is 8.75. The van der Waals surface area contributed by atoms with E-state index in [0.717, 1.165) is 36.1 Å². The first kappa shape index (κ1) is 12.9. The average molecular weight is 247 g/mol. The Balaban J connectivity index is 1.91. The van der Waals surface area contributed by atoms with Gasteiger partial charge in [-0.25, -0.2) is 0 Å². The summed E-state index contributed by atoms with van der Waals surface area (Å²) in [7, 11) is 0. The first-order chi connectivity index (χ1) is 8.72. The number of hydrogen-bond donors (Lipinski definition) is 3. The van der Waals surface area contributed by atoms with E-state index in [2.05, 4.69) is 17.4 Å². The Labute approximate surface area is 108 Å². The van der Waals surface area contributed by atoms with Gasteiger partial charge >= 0.3 is 0 Å². The molecule has 1 aromatic rings. The summed E-state index contributed by atoms with van der Waals surface area (Å²) in [5.41, 5.74) is 7.52. The molecule has 1 fully saturated rings. The third kappa shape index (κ3) is 3.23. The molecule has 1 aromatic carbocycles. The zero-order valence-electron chi connectivity index (χ0n) is 10.8. The SMILES string of the molecule is CC(CNCc1ccccc1/C(N)=N/O)C1CC1. The number of benzene rings is 1. The molecular weight excluding hydrogens is 226 g/mol. The first-order valence-corrected chi connectivity index (χ1v) is 6.49. The minimum Gasteiger partial charge on any atom is -0.409 e. The van der Waals surface area contributed by atoms with E-state index in [0.29, 0.717) is 0 Å². The van der Waals surface area contributed by atoms with Crippen LogP contribution in [-0.4, -0.2) is 17.6 Å². The van der Waals surface area contributed by atoms with Gasteiger partial charge in [0.1, 0.15) is 0 Å². The van der Waals surface area contributed by atoms with Gasteiger partial charge in [0.2, 0.25) is 0 Å². The molecule has 18 heavy (non-hydrogen) atoms. The predicted molar refractivity (Wildman–Crippen MR) is 72.5 cm³/mol. The van der Waals surface area contributed by atoms with Gasteiger partial charge in [0.25, 0.3) is 0 Å². The van der Waals surface area contributed by atoms with Crippen LogP contribution >= 0.6 is 0 Å². The third-order valence-corrected chi connectivity index (χ3v) is 3.61. The predicted octanol–water partition coefficient (Wildman–Crippen LogP) is 1.92. The Kier molecular flexibility index (Phi) is 4.20. The zero-order chi connectivity index (χ0) is 13.0. The van der Waals surface area contributed by atoms with Gasteiger partial charge in [-0.2, -0.15) is 0 Å². The summed E-state index contributed by atoms with van der Waals surface area (Å²) in [6.45, 7) is 4.07. The zero-order valence-corrected chi connectivity index (χ0v) is 10.8. The molecule has 1 aliphatic carbocycles. The Morgan fingerprint density at radius 1 is 1.50 bits per heavy atom. The van der Waals surface area contributed by atoms with Crippen LogP contribution in [0.3, 0.4) is 0 Å². The molecule has 0 radical (unpaired) electrons. The second-order valence-corrected chi connectivity index (χ2v) is 5.09. The number of amidine groups is 1. The Morgan fingerprint density at radius 3 is 2.89 bits per heavy atom. The molecule has 0 heterocycles. The summed E-state index contributed by atoms with van der Waals surface area (Å²) in [6.07, 6.45) is 2.76. The molecule has 4 heteroatoms. The molecule has 1 saturated carbocycles. The van der Waals surface area contributed by atoms with Gasteiger partial charge in [0.05, 0.1) is 0 Å². The quantitative estimate of drug-likeness (QED) is 0.311. The highest BCUT2D eigenvalue weighted by molar-refractivity contribution is 5.98. The lowest BCUT2D eigenvalue weighted by molar-refractivity contribution is 0.318. The van der Waals surface area contributed by atoms with Crippen molar-refractivity contribution in [3.8, 4) is 0 Å². The third-order valence-electron chi connectivity index (χ3n) is 3.61. The maximum Gasteiger partial charge on any atom is 0.170 e. The molecule has 98 valence electrons. The Hall–Kier alpha value is -1.55. The van der Waals surface area contributed by atoms with Crippen molar-refractivity contribution in [1.29, 1.82) is 0 Å².